The van der Waals surface area contributed by atoms with Crippen LogP contribution in [0.4, 0.5) is 0 Å². The van der Waals surface area contributed by atoms with Gasteiger partial charge in [0.15, 0.2) is 0 Å². The number of carbonyl (C=O) groups excluding carboxylic acids is 3. The zero-order valence-corrected chi connectivity index (χ0v) is 15.2. The molecule has 0 aliphatic heterocycles. The summed E-state index contributed by atoms with van der Waals surface area (Å²) in [5.74, 6) is 0.287. The number of ketones is 1. The van der Waals surface area contributed by atoms with Crippen molar-refractivity contribution in [2.75, 3.05) is 6.54 Å². The zero-order valence-electron chi connectivity index (χ0n) is 15.2. The number of hydrogen-bond acceptors (Lipinski definition) is 3. The molecular weight excluding hydrogens is 292 g/mol. The second-order valence-electron chi connectivity index (χ2n) is 6.74. The van der Waals surface area contributed by atoms with Gasteiger partial charge in [-0.3, -0.25) is 14.4 Å². The Hall–Kier alpha value is -1.39. The molecule has 0 rings (SSSR count). The third kappa shape index (κ3) is 14.0. The van der Waals surface area contributed by atoms with E-state index in [-0.39, 0.29) is 30.3 Å². The van der Waals surface area contributed by atoms with Crippen LogP contribution < -0.4 is 10.6 Å². The predicted molar refractivity (Wildman–Crippen MR) is 93.1 cm³/mol. The molecule has 0 atom stereocenters. The Morgan fingerprint density at radius 3 is 1.78 bits per heavy atom. The Morgan fingerprint density at radius 2 is 1.26 bits per heavy atom. The quantitative estimate of drug-likeness (QED) is 0.511. The summed E-state index contributed by atoms with van der Waals surface area (Å²) in [6.07, 6.45) is 7.30. The molecule has 0 fully saturated rings. The third-order valence-corrected chi connectivity index (χ3v) is 3.62. The Kier molecular flexibility index (Phi) is 12.3. The minimum Gasteiger partial charge on any atom is -0.352 e. The highest BCUT2D eigenvalue weighted by Gasteiger charge is 2.07. The summed E-state index contributed by atoms with van der Waals surface area (Å²) in [7, 11) is 0. The lowest BCUT2D eigenvalue weighted by Gasteiger charge is -2.09. The van der Waals surface area contributed by atoms with Gasteiger partial charge in [-0.15, -0.1) is 0 Å². The minimum absolute atomic E-state index is 0.0564. The highest BCUT2D eigenvalue weighted by atomic mass is 16.2. The Bertz CT molecular complexity index is 365. The highest BCUT2D eigenvalue weighted by molar-refractivity contribution is 5.84. The van der Waals surface area contributed by atoms with Crippen molar-refractivity contribution >= 4 is 17.6 Å². The maximum atomic E-state index is 11.6. The highest BCUT2D eigenvalue weighted by Crippen LogP contribution is 2.10. The number of carbonyl (C=O) groups is 3. The zero-order chi connectivity index (χ0) is 17.7. The van der Waals surface area contributed by atoms with Gasteiger partial charge in [0.2, 0.25) is 11.8 Å². The lowest BCUT2D eigenvalue weighted by molar-refractivity contribution is -0.126. The van der Waals surface area contributed by atoms with Crippen molar-refractivity contribution in [2.45, 2.75) is 85.1 Å². The molecule has 2 amide bonds. The molecule has 0 radical (unpaired) electrons. The molecule has 0 spiro atoms. The molecular formula is C18H34N2O3. The average molecular weight is 326 g/mol. The summed E-state index contributed by atoms with van der Waals surface area (Å²) in [6, 6.07) is 0.0928. The molecule has 2 N–H and O–H groups in total. The van der Waals surface area contributed by atoms with Crippen LogP contribution in [0.5, 0.6) is 0 Å². The second-order valence-corrected chi connectivity index (χ2v) is 6.74. The van der Waals surface area contributed by atoms with Crippen LogP contribution in [0.2, 0.25) is 0 Å². The number of rotatable bonds is 13. The molecule has 0 unspecified atom stereocenters. The van der Waals surface area contributed by atoms with Crippen molar-refractivity contribution in [3.05, 3.63) is 0 Å². The molecule has 0 aliphatic carbocycles. The van der Waals surface area contributed by atoms with E-state index in [4.69, 9.17) is 0 Å². The summed E-state index contributed by atoms with van der Waals surface area (Å²) in [6.45, 7) is 7.72. The smallest absolute Gasteiger partial charge is 0.239 e. The summed E-state index contributed by atoms with van der Waals surface area (Å²) < 4.78 is 0. The molecule has 5 nitrogen and oxygen atoms in total. The third-order valence-electron chi connectivity index (χ3n) is 3.62. The molecule has 0 heterocycles. The molecule has 23 heavy (non-hydrogen) atoms. The van der Waals surface area contributed by atoms with E-state index in [9.17, 15) is 14.4 Å². The van der Waals surface area contributed by atoms with Crippen LogP contribution >= 0.6 is 0 Å². The Labute approximate surface area is 141 Å². The van der Waals surface area contributed by atoms with Crippen LogP contribution in [0.1, 0.15) is 79.1 Å². The largest absolute Gasteiger partial charge is 0.352 e. The standard InChI is InChI=1S/C18H34N2O3/c1-14(2)16(21)11-9-7-5-6-8-10-12-17(22)19-13-18(23)20-15(3)4/h14-15H,5-13H2,1-4H3,(H,19,22)(H,20,23). The van der Waals surface area contributed by atoms with Crippen LogP contribution in [0.3, 0.4) is 0 Å². The predicted octanol–water partition coefficient (Wildman–Crippen LogP) is 2.97. The van der Waals surface area contributed by atoms with Gasteiger partial charge in [-0.2, -0.15) is 0 Å². The number of hydrogen-bond donors (Lipinski definition) is 2. The molecule has 0 aromatic heterocycles. The van der Waals surface area contributed by atoms with Gasteiger partial charge >= 0.3 is 0 Å². The summed E-state index contributed by atoms with van der Waals surface area (Å²) in [5.41, 5.74) is 0. The molecule has 0 bridgehead atoms. The number of amides is 2. The molecule has 0 aromatic carbocycles. The van der Waals surface area contributed by atoms with E-state index in [1.807, 2.05) is 27.7 Å². The second kappa shape index (κ2) is 13.1. The first-order chi connectivity index (χ1) is 10.8. The Balaban J connectivity index is 3.42. The van der Waals surface area contributed by atoms with Gasteiger partial charge < -0.3 is 10.6 Å². The van der Waals surface area contributed by atoms with Crippen LogP contribution in [-0.4, -0.2) is 30.2 Å². The van der Waals surface area contributed by atoms with Crippen molar-refractivity contribution in [3.8, 4) is 0 Å². The van der Waals surface area contributed by atoms with E-state index in [2.05, 4.69) is 10.6 Å². The summed E-state index contributed by atoms with van der Waals surface area (Å²) in [4.78, 5) is 34.4. The van der Waals surface area contributed by atoms with Gasteiger partial charge in [0.1, 0.15) is 5.78 Å². The van der Waals surface area contributed by atoms with Gasteiger partial charge in [-0.1, -0.05) is 39.5 Å². The first-order valence-corrected chi connectivity index (χ1v) is 8.91. The Morgan fingerprint density at radius 1 is 0.739 bits per heavy atom. The monoisotopic (exact) mass is 326 g/mol. The SMILES string of the molecule is CC(C)NC(=O)CNC(=O)CCCCCCCCC(=O)C(C)C. The first-order valence-electron chi connectivity index (χ1n) is 8.91. The van der Waals surface area contributed by atoms with E-state index in [0.29, 0.717) is 18.6 Å². The number of nitrogens with one attached hydrogen (secondary N) is 2. The number of unbranched alkanes of at least 4 members (excludes halogenated alkanes) is 5. The van der Waals surface area contributed by atoms with Crippen LogP contribution in [0, 0.1) is 5.92 Å². The number of Topliss-reactive ketones (excluding diaryl/α,β-unsaturated/α-hetero) is 1. The maximum Gasteiger partial charge on any atom is 0.239 e. The molecule has 0 saturated heterocycles. The fraction of sp³-hybridized carbons (Fsp3) is 0.833. The van der Waals surface area contributed by atoms with Crippen LogP contribution in [0.25, 0.3) is 0 Å². The maximum absolute atomic E-state index is 11.6. The lowest BCUT2D eigenvalue weighted by Crippen LogP contribution is -2.39. The van der Waals surface area contributed by atoms with Crippen molar-refractivity contribution in [1.82, 2.24) is 10.6 Å². The topological polar surface area (TPSA) is 75.3 Å². The van der Waals surface area contributed by atoms with E-state index < -0.39 is 0 Å². The molecule has 0 saturated carbocycles. The van der Waals surface area contributed by atoms with E-state index in [1.54, 1.807) is 0 Å². The van der Waals surface area contributed by atoms with Crippen LogP contribution in [-0.2, 0) is 14.4 Å². The van der Waals surface area contributed by atoms with Gasteiger partial charge in [0, 0.05) is 24.8 Å². The van der Waals surface area contributed by atoms with E-state index in [0.717, 1.165) is 38.5 Å². The fourth-order valence-electron chi connectivity index (χ4n) is 2.22. The first kappa shape index (κ1) is 21.6. The molecule has 0 aliphatic rings. The fourth-order valence-corrected chi connectivity index (χ4v) is 2.22. The van der Waals surface area contributed by atoms with Gasteiger partial charge in [0.25, 0.3) is 0 Å². The molecule has 5 heteroatoms. The van der Waals surface area contributed by atoms with E-state index in [1.165, 1.54) is 0 Å². The van der Waals surface area contributed by atoms with Crippen molar-refractivity contribution in [3.63, 3.8) is 0 Å². The summed E-state index contributed by atoms with van der Waals surface area (Å²) >= 11 is 0. The lowest BCUT2D eigenvalue weighted by atomic mass is 10.0. The normalized spacial score (nSPS) is 10.9. The molecule has 0 aromatic rings. The van der Waals surface area contributed by atoms with Crippen molar-refractivity contribution < 1.29 is 14.4 Å². The van der Waals surface area contributed by atoms with Crippen molar-refractivity contribution in [2.24, 2.45) is 5.92 Å². The van der Waals surface area contributed by atoms with Crippen LogP contribution in [0.15, 0.2) is 0 Å². The van der Waals surface area contributed by atoms with Gasteiger partial charge in [-0.05, 0) is 26.7 Å². The van der Waals surface area contributed by atoms with E-state index >= 15 is 0 Å². The summed E-state index contributed by atoms with van der Waals surface area (Å²) in [5, 5.41) is 5.36. The minimum atomic E-state index is -0.149. The van der Waals surface area contributed by atoms with Crippen molar-refractivity contribution in [1.29, 1.82) is 0 Å². The van der Waals surface area contributed by atoms with Gasteiger partial charge in [0.05, 0.1) is 6.54 Å². The molecule has 134 valence electrons. The average Bonchev–Trinajstić information content (AvgIpc) is 2.46. The van der Waals surface area contributed by atoms with Gasteiger partial charge in [-0.25, -0.2) is 0 Å².